The van der Waals surface area contributed by atoms with Crippen molar-refractivity contribution in [2.24, 2.45) is 11.8 Å². The summed E-state index contributed by atoms with van der Waals surface area (Å²) in [6.07, 6.45) is 7.01. The molecule has 0 aromatic heterocycles. The zero-order valence-electron chi connectivity index (χ0n) is 21.7. The van der Waals surface area contributed by atoms with Gasteiger partial charge in [-0.1, -0.05) is 58.4 Å². The van der Waals surface area contributed by atoms with Crippen molar-refractivity contribution in [3.8, 4) is 0 Å². The summed E-state index contributed by atoms with van der Waals surface area (Å²) in [5.41, 5.74) is 0.989. The number of amides is 2. The third-order valence-electron chi connectivity index (χ3n) is 7.78. The number of likely N-dealkylation sites (tertiary alicyclic amines) is 1. The third-order valence-corrected chi connectivity index (χ3v) is 11.0. The van der Waals surface area contributed by atoms with Crippen LogP contribution < -0.4 is 0 Å². The van der Waals surface area contributed by atoms with E-state index in [2.05, 4.69) is 29.1 Å². The third kappa shape index (κ3) is 5.47. The molecule has 206 valence electrons. The van der Waals surface area contributed by atoms with Crippen molar-refractivity contribution >= 4 is 45.5 Å². The Morgan fingerprint density at radius 1 is 1.21 bits per heavy atom. The van der Waals surface area contributed by atoms with Gasteiger partial charge in [0.15, 0.2) is 0 Å². The topological polar surface area (TPSA) is 87.2 Å². The first-order valence-electron chi connectivity index (χ1n) is 13.3. The Morgan fingerprint density at radius 2 is 1.97 bits per heavy atom. The number of fused-ring (bicyclic) bond motifs is 1. The minimum Gasteiger partial charge on any atom is -0.465 e. The first-order chi connectivity index (χ1) is 18.4. The van der Waals surface area contributed by atoms with Gasteiger partial charge in [0, 0.05) is 36.3 Å². The number of halogens is 1. The Morgan fingerprint density at radius 3 is 2.66 bits per heavy atom. The fraction of sp³-hybridized carbons (Fsp3) is 0.552. The van der Waals surface area contributed by atoms with Gasteiger partial charge in [0.1, 0.15) is 6.04 Å². The summed E-state index contributed by atoms with van der Waals surface area (Å²) in [5, 5.41) is 9.42. The summed E-state index contributed by atoms with van der Waals surface area (Å²) >= 11 is 5.38. The van der Waals surface area contributed by atoms with Gasteiger partial charge in [-0.2, -0.15) is 0 Å². The second-order valence-electron chi connectivity index (χ2n) is 10.2. The highest BCUT2D eigenvalue weighted by Crippen LogP contribution is 2.68. The van der Waals surface area contributed by atoms with Crippen molar-refractivity contribution in [1.82, 2.24) is 9.80 Å². The van der Waals surface area contributed by atoms with Crippen LogP contribution in [0.2, 0.25) is 0 Å². The molecular weight excluding hydrogens is 568 g/mol. The van der Waals surface area contributed by atoms with Crippen LogP contribution in [0.15, 0.2) is 55.6 Å². The highest BCUT2D eigenvalue weighted by molar-refractivity contribution is 9.09. The number of esters is 1. The lowest BCUT2D eigenvalue weighted by molar-refractivity contribution is -0.154. The lowest BCUT2D eigenvalue weighted by atomic mass is 9.71. The number of hydrogen-bond donors (Lipinski definition) is 1. The first-order valence-corrected chi connectivity index (χ1v) is 15.1. The van der Waals surface area contributed by atoms with Crippen LogP contribution in [0.4, 0.5) is 0 Å². The molecule has 1 spiro atoms. The molecule has 3 fully saturated rings. The molecule has 3 heterocycles. The van der Waals surface area contributed by atoms with E-state index >= 15 is 0 Å². The largest absolute Gasteiger partial charge is 0.465 e. The molecule has 3 unspecified atom stereocenters. The standard InChI is InChI=1S/C29H37BrN2O5S/c1-3-5-6-10-17-37-28(36)22-23-26(34)32(15-11-16-33)25(29(23)18-21(30)24(22)38-29)27(35)31(14-4-2)19-20-12-8-7-9-13-20/h3-4,7-9,12-13,21-25,33H,1-2,5-6,10-11,14-19H2/t21?,22-,23+,24-,25?,29?/m1/s1. The number of aliphatic hydroxyl groups excluding tert-OH is 1. The van der Waals surface area contributed by atoms with Crippen LogP contribution in [0, 0.1) is 11.8 Å². The van der Waals surface area contributed by atoms with Crippen molar-refractivity contribution in [2.45, 2.75) is 59.5 Å². The molecule has 2 amide bonds. The molecule has 0 aliphatic carbocycles. The van der Waals surface area contributed by atoms with Gasteiger partial charge >= 0.3 is 5.97 Å². The van der Waals surface area contributed by atoms with E-state index in [-0.39, 0.29) is 41.0 Å². The minimum absolute atomic E-state index is 0.00932. The molecule has 7 nitrogen and oxygen atoms in total. The molecular formula is C29H37BrN2O5S. The van der Waals surface area contributed by atoms with E-state index in [0.717, 1.165) is 24.8 Å². The zero-order chi connectivity index (χ0) is 27.3. The van der Waals surface area contributed by atoms with Gasteiger partial charge in [-0.25, -0.2) is 0 Å². The molecule has 4 rings (SSSR count). The van der Waals surface area contributed by atoms with Crippen LogP contribution in [0.5, 0.6) is 0 Å². The SMILES string of the molecule is C=CCCCCOC(=O)[C@H]1[C@@H]2SC3(CC2Br)C(C(=O)N(CC=C)Cc2ccccc2)N(CCCO)C(=O)[C@H]13. The molecule has 3 aliphatic rings. The molecule has 1 aromatic carbocycles. The highest BCUT2D eigenvalue weighted by Gasteiger charge is 2.76. The highest BCUT2D eigenvalue weighted by atomic mass is 79.9. The van der Waals surface area contributed by atoms with Crippen LogP contribution in [-0.2, 0) is 25.7 Å². The minimum atomic E-state index is -0.731. The second kappa shape index (κ2) is 12.8. The van der Waals surface area contributed by atoms with Gasteiger partial charge in [-0.05, 0) is 37.7 Å². The summed E-state index contributed by atoms with van der Waals surface area (Å²) in [6.45, 7) is 8.80. The average Bonchev–Trinajstić information content (AvgIpc) is 3.50. The van der Waals surface area contributed by atoms with Gasteiger partial charge in [-0.15, -0.1) is 24.9 Å². The lowest BCUT2D eigenvalue weighted by Gasteiger charge is -2.37. The summed E-state index contributed by atoms with van der Waals surface area (Å²) in [6, 6.07) is 9.02. The number of carbonyl (C=O) groups excluding carboxylic acids is 3. The van der Waals surface area contributed by atoms with E-state index in [0.29, 0.717) is 32.5 Å². The van der Waals surface area contributed by atoms with Crippen molar-refractivity contribution in [1.29, 1.82) is 0 Å². The molecule has 38 heavy (non-hydrogen) atoms. The number of ether oxygens (including phenoxy) is 1. The maximum atomic E-state index is 14.3. The molecule has 0 saturated carbocycles. The van der Waals surface area contributed by atoms with Gasteiger partial charge in [-0.3, -0.25) is 14.4 Å². The Bertz CT molecular complexity index is 1040. The maximum Gasteiger partial charge on any atom is 0.310 e. The number of nitrogens with zero attached hydrogens (tertiary/aromatic N) is 2. The lowest BCUT2D eigenvalue weighted by Crippen LogP contribution is -2.55. The van der Waals surface area contributed by atoms with E-state index in [9.17, 15) is 19.5 Å². The predicted octanol–water partition coefficient (Wildman–Crippen LogP) is 3.95. The molecule has 2 bridgehead atoms. The quantitative estimate of drug-likeness (QED) is 0.150. The number of unbranched alkanes of at least 4 members (excludes halogenated alkanes) is 2. The van der Waals surface area contributed by atoms with Crippen LogP contribution in [0.3, 0.4) is 0 Å². The van der Waals surface area contributed by atoms with Crippen LogP contribution >= 0.6 is 27.7 Å². The number of aliphatic hydroxyl groups is 1. The van der Waals surface area contributed by atoms with Gasteiger partial charge in [0.05, 0.1) is 23.2 Å². The summed E-state index contributed by atoms with van der Waals surface area (Å²) in [5.74, 6) is -1.91. The smallest absolute Gasteiger partial charge is 0.310 e. The zero-order valence-corrected chi connectivity index (χ0v) is 24.1. The molecule has 9 heteroatoms. The number of allylic oxidation sites excluding steroid dienone is 1. The van der Waals surface area contributed by atoms with E-state index in [1.165, 1.54) is 0 Å². The van der Waals surface area contributed by atoms with Crippen LogP contribution in [0.25, 0.3) is 0 Å². The van der Waals surface area contributed by atoms with Crippen molar-refractivity contribution < 1.29 is 24.2 Å². The number of benzene rings is 1. The van der Waals surface area contributed by atoms with E-state index in [1.807, 2.05) is 36.4 Å². The Labute approximate surface area is 237 Å². The summed E-state index contributed by atoms with van der Waals surface area (Å²) < 4.78 is 4.95. The van der Waals surface area contributed by atoms with Gasteiger partial charge < -0.3 is 19.6 Å². The van der Waals surface area contributed by atoms with Crippen molar-refractivity contribution in [3.63, 3.8) is 0 Å². The molecule has 3 saturated heterocycles. The number of carbonyl (C=O) groups is 3. The van der Waals surface area contributed by atoms with Gasteiger partial charge in [0.2, 0.25) is 11.8 Å². The van der Waals surface area contributed by atoms with E-state index < -0.39 is 22.6 Å². The second-order valence-corrected chi connectivity index (χ2v) is 12.9. The van der Waals surface area contributed by atoms with Gasteiger partial charge in [0.25, 0.3) is 0 Å². The maximum absolute atomic E-state index is 14.3. The van der Waals surface area contributed by atoms with Crippen LogP contribution in [-0.4, -0.2) is 79.9 Å². The van der Waals surface area contributed by atoms with E-state index in [4.69, 9.17) is 4.74 Å². The number of rotatable bonds is 14. The average molecular weight is 606 g/mol. The van der Waals surface area contributed by atoms with Crippen molar-refractivity contribution in [3.05, 3.63) is 61.2 Å². The Balaban J connectivity index is 1.63. The van der Waals surface area contributed by atoms with E-state index in [1.54, 1.807) is 27.6 Å². The predicted molar refractivity (Wildman–Crippen MR) is 153 cm³/mol. The normalized spacial score (nSPS) is 29.3. The number of alkyl halides is 1. The Hall–Kier alpha value is -2.10. The fourth-order valence-electron chi connectivity index (χ4n) is 6.18. The molecule has 3 aliphatic heterocycles. The summed E-state index contributed by atoms with van der Waals surface area (Å²) in [7, 11) is 0. The molecule has 1 aromatic rings. The molecule has 0 radical (unpaired) electrons. The fourth-order valence-corrected chi connectivity index (χ4v) is 9.78. The molecule has 6 atom stereocenters. The number of hydrogen-bond acceptors (Lipinski definition) is 6. The number of thioether (sulfide) groups is 1. The monoisotopic (exact) mass is 604 g/mol. The Kier molecular flexibility index (Phi) is 9.76. The van der Waals surface area contributed by atoms with Crippen LogP contribution in [0.1, 0.15) is 37.7 Å². The first kappa shape index (κ1) is 28.9. The molecule has 1 N–H and O–H groups in total. The summed E-state index contributed by atoms with van der Waals surface area (Å²) in [4.78, 5) is 45.0. The van der Waals surface area contributed by atoms with Crippen molar-refractivity contribution in [2.75, 3.05) is 26.3 Å².